The number of allylic oxidation sites excluding steroid dienone is 1. The van der Waals surface area contributed by atoms with Gasteiger partial charge in [0.1, 0.15) is 0 Å². The van der Waals surface area contributed by atoms with Crippen molar-refractivity contribution in [1.82, 2.24) is 4.98 Å². The van der Waals surface area contributed by atoms with Gasteiger partial charge in [0.2, 0.25) is 0 Å². The quantitative estimate of drug-likeness (QED) is 0.820. The third-order valence-electron chi connectivity index (χ3n) is 2.41. The summed E-state index contributed by atoms with van der Waals surface area (Å²) < 4.78 is 0. The van der Waals surface area contributed by atoms with Crippen LogP contribution in [0.4, 0.5) is 0 Å². The number of hydrogen-bond donors (Lipinski definition) is 1. The van der Waals surface area contributed by atoms with Crippen LogP contribution in [0.15, 0.2) is 47.9 Å². The molecule has 0 saturated carbocycles. The summed E-state index contributed by atoms with van der Waals surface area (Å²) in [6.45, 7) is 0.712. The molecule has 0 saturated heterocycles. The normalized spacial score (nSPS) is 11.1. The van der Waals surface area contributed by atoms with Crippen molar-refractivity contribution in [1.29, 1.82) is 0 Å². The molecule has 1 heterocycles. The van der Waals surface area contributed by atoms with E-state index in [0.29, 0.717) is 6.54 Å². The fraction of sp³-hybridized carbons (Fsp3) is 0.214. The van der Waals surface area contributed by atoms with Crippen molar-refractivity contribution in [2.75, 3.05) is 6.54 Å². The summed E-state index contributed by atoms with van der Waals surface area (Å²) >= 11 is 1.71. The fourth-order valence-electron chi connectivity index (χ4n) is 1.54. The second kappa shape index (κ2) is 6.33. The number of aromatic nitrogens is 1. The maximum absolute atomic E-state index is 5.42. The van der Waals surface area contributed by atoms with Crippen molar-refractivity contribution in [2.45, 2.75) is 12.8 Å². The first kappa shape index (κ1) is 12.0. The molecule has 1 aromatic heterocycles. The Morgan fingerprint density at radius 2 is 2.00 bits per heavy atom. The van der Waals surface area contributed by atoms with Crippen LogP contribution in [0.2, 0.25) is 0 Å². The Balaban J connectivity index is 2.01. The third-order valence-corrected chi connectivity index (χ3v) is 3.28. The van der Waals surface area contributed by atoms with Crippen molar-refractivity contribution < 1.29 is 0 Å². The predicted octanol–water partition coefficient (Wildman–Crippen LogP) is 3.26. The highest BCUT2D eigenvalue weighted by molar-refractivity contribution is 7.10. The Morgan fingerprint density at radius 3 is 2.76 bits per heavy atom. The molecule has 0 unspecified atom stereocenters. The van der Waals surface area contributed by atoms with Gasteiger partial charge in [0.15, 0.2) is 0 Å². The van der Waals surface area contributed by atoms with Crippen molar-refractivity contribution >= 4 is 11.3 Å². The highest BCUT2D eigenvalue weighted by Crippen LogP contribution is 2.21. The lowest BCUT2D eigenvalue weighted by Crippen LogP contribution is -1.95. The monoisotopic (exact) mass is 244 g/mol. The zero-order valence-corrected chi connectivity index (χ0v) is 10.5. The van der Waals surface area contributed by atoms with Gasteiger partial charge in [0.25, 0.3) is 0 Å². The van der Waals surface area contributed by atoms with Crippen LogP contribution in [0.5, 0.6) is 0 Å². The molecule has 2 N–H and O–H groups in total. The minimum atomic E-state index is 0.712. The summed E-state index contributed by atoms with van der Waals surface area (Å²) in [5.41, 5.74) is 7.67. The SMILES string of the molecule is NCCC=CCc1nc(-c2ccccc2)cs1. The maximum atomic E-state index is 5.42. The van der Waals surface area contributed by atoms with Gasteiger partial charge in [-0.1, -0.05) is 42.5 Å². The van der Waals surface area contributed by atoms with E-state index in [9.17, 15) is 0 Å². The number of rotatable bonds is 5. The summed E-state index contributed by atoms with van der Waals surface area (Å²) in [4.78, 5) is 4.61. The van der Waals surface area contributed by atoms with Crippen LogP contribution < -0.4 is 5.73 Å². The van der Waals surface area contributed by atoms with Crippen LogP contribution in [0.1, 0.15) is 11.4 Å². The van der Waals surface area contributed by atoms with Gasteiger partial charge in [-0.25, -0.2) is 4.98 Å². The molecule has 0 aliphatic carbocycles. The van der Waals surface area contributed by atoms with E-state index in [1.165, 1.54) is 5.56 Å². The molecule has 1 aromatic carbocycles. The molecule has 0 fully saturated rings. The Bertz CT molecular complexity index is 474. The Kier molecular flexibility index (Phi) is 4.47. The third kappa shape index (κ3) is 3.51. The minimum Gasteiger partial charge on any atom is -0.330 e. The van der Waals surface area contributed by atoms with E-state index >= 15 is 0 Å². The van der Waals surface area contributed by atoms with Gasteiger partial charge in [-0.15, -0.1) is 11.3 Å². The lowest BCUT2D eigenvalue weighted by molar-refractivity contribution is 1.000. The van der Waals surface area contributed by atoms with Crippen LogP contribution in [0.25, 0.3) is 11.3 Å². The Hall–Kier alpha value is -1.45. The second-order valence-electron chi connectivity index (χ2n) is 3.75. The van der Waals surface area contributed by atoms with E-state index in [1.807, 2.05) is 18.2 Å². The molecular weight excluding hydrogens is 228 g/mol. The van der Waals surface area contributed by atoms with Crippen LogP contribution in [-0.2, 0) is 6.42 Å². The Morgan fingerprint density at radius 1 is 1.18 bits per heavy atom. The van der Waals surface area contributed by atoms with Gasteiger partial charge in [-0.05, 0) is 13.0 Å². The van der Waals surface area contributed by atoms with Gasteiger partial charge in [0, 0.05) is 17.4 Å². The fourth-order valence-corrected chi connectivity index (χ4v) is 2.32. The number of nitrogens with zero attached hydrogens (tertiary/aromatic N) is 1. The van der Waals surface area contributed by atoms with Crippen molar-refractivity contribution in [3.05, 3.63) is 52.9 Å². The number of hydrogen-bond acceptors (Lipinski definition) is 3. The number of benzene rings is 1. The molecule has 0 aliphatic rings. The average molecular weight is 244 g/mol. The molecule has 3 heteroatoms. The first-order chi connectivity index (χ1) is 8.40. The maximum Gasteiger partial charge on any atom is 0.0970 e. The van der Waals surface area contributed by atoms with Gasteiger partial charge in [-0.2, -0.15) is 0 Å². The van der Waals surface area contributed by atoms with E-state index in [2.05, 4.69) is 34.6 Å². The number of thiazole rings is 1. The van der Waals surface area contributed by atoms with Crippen LogP contribution in [0, 0.1) is 0 Å². The molecule has 2 nitrogen and oxygen atoms in total. The predicted molar refractivity (Wildman–Crippen MR) is 74.1 cm³/mol. The van der Waals surface area contributed by atoms with E-state index in [-0.39, 0.29) is 0 Å². The van der Waals surface area contributed by atoms with E-state index in [1.54, 1.807) is 11.3 Å². The first-order valence-electron chi connectivity index (χ1n) is 5.75. The lowest BCUT2D eigenvalue weighted by atomic mass is 10.2. The molecule has 17 heavy (non-hydrogen) atoms. The molecule has 0 atom stereocenters. The zero-order chi connectivity index (χ0) is 11.9. The van der Waals surface area contributed by atoms with Gasteiger partial charge >= 0.3 is 0 Å². The second-order valence-corrected chi connectivity index (χ2v) is 4.69. The van der Waals surface area contributed by atoms with E-state index in [4.69, 9.17) is 5.73 Å². The average Bonchev–Trinajstić information content (AvgIpc) is 2.85. The largest absolute Gasteiger partial charge is 0.330 e. The molecule has 0 aliphatic heterocycles. The molecule has 88 valence electrons. The van der Waals surface area contributed by atoms with Crippen molar-refractivity contribution in [3.63, 3.8) is 0 Å². The van der Waals surface area contributed by atoms with Crippen LogP contribution >= 0.6 is 11.3 Å². The van der Waals surface area contributed by atoms with Crippen LogP contribution in [-0.4, -0.2) is 11.5 Å². The topological polar surface area (TPSA) is 38.9 Å². The molecule has 2 aromatic rings. The van der Waals surface area contributed by atoms with Crippen molar-refractivity contribution in [2.24, 2.45) is 5.73 Å². The molecular formula is C14H16N2S. The summed E-state index contributed by atoms with van der Waals surface area (Å²) in [7, 11) is 0. The zero-order valence-electron chi connectivity index (χ0n) is 9.67. The van der Waals surface area contributed by atoms with Crippen molar-refractivity contribution in [3.8, 4) is 11.3 Å². The Labute approximate surface area is 106 Å². The summed E-state index contributed by atoms with van der Waals surface area (Å²) in [6.07, 6.45) is 6.10. The van der Waals surface area contributed by atoms with Gasteiger partial charge < -0.3 is 5.73 Å². The van der Waals surface area contributed by atoms with Gasteiger partial charge in [-0.3, -0.25) is 0 Å². The first-order valence-corrected chi connectivity index (χ1v) is 6.63. The highest BCUT2D eigenvalue weighted by Gasteiger charge is 2.02. The van der Waals surface area contributed by atoms with Crippen LogP contribution in [0.3, 0.4) is 0 Å². The highest BCUT2D eigenvalue weighted by atomic mass is 32.1. The van der Waals surface area contributed by atoms with Gasteiger partial charge in [0.05, 0.1) is 10.7 Å². The molecule has 0 radical (unpaired) electrons. The number of nitrogens with two attached hydrogens (primary N) is 1. The minimum absolute atomic E-state index is 0.712. The lowest BCUT2D eigenvalue weighted by Gasteiger charge is -1.93. The standard InChI is InChI=1S/C14H16N2S/c15-10-6-2-5-9-14-16-13(11-17-14)12-7-3-1-4-8-12/h1-5,7-8,11H,6,9-10,15H2. The van der Waals surface area contributed by atoms with E-state index < -0.39 is 0 Å². The summed E-state index contributed by atoms with van der Waals surface area (Å²) in [5, 5.41) is 3.26. The molecule has 2 rings (SSSR count). The molecule has 0 bridgehead atoms. The van der Waals surface area contributed by atoms with E-state index in [0.717, 1.165) is 23.5 Å². The molecule has 0 amide bonds. The molecule has 0 spiro atoms. The summed E-state index contributed by atoms with van der Waals surface area (Å²) in [5.74, 6) is 0. The smallest absolute Gasteiger partial charge is 0.0970 e. The summed E-state index contributed by atoms with van der Waals surface area (Å²) in [6, 6.07) is 10.3.